The number of benzene rings is 1. The van der Waals surface area contributed by atoms with Gasteiger partial charge in [-0.3, -0.25) is 4.79 Å². The van der Waals surface area contributed by atoms with Crippen LogP contribution >= 0.6 is 0 Å². The Morgan fingerprint density at radius 2 is 1.90 bits per heavy atom. The molecule has 1 amide bonds. The lowest BCUT2D eigenvalue weighted by molar-refractivity contribution is -0.0888. The first-order valence-corrected chi connectivity index (χ1v) is 5.88. The summed E-state index contributed by atoms with van der Waals surface area (Å²) in [4.78, 5) is 10.9. The molecule has 2 rings (SSSR count). The lowest BCUT2D eigenvalue weighted by Crippen LogP contribution is -2.19. The monoisotopic (exact) mass is 283 g/mol. The molecular formula is C14H12F3NO2. The Balaban J connectivity index is 1.98. The molecule has 3 nitrogen and oxygen atoms in total. The van der Waals surface area contributed by atoms with Crippen LogP contribution in [0.15, 0.2) is 48.1 Å². The van der Waals surface area contributed by atoms with Gasteiger partial charge in [-0.2, -0.15) is 13.2 Å². The molecule has 0 aromatic heterocycles. The minimum Gasteiger partial charge on any atom is -0.486 e. The molecule has 0 bridgehead atoms. The van der Waals surface area contributed by atoms with Crippen LogP contribution in [-0.2, 0) is 0 Å². The topological polar surface area (TPSA) is 52.3 Å². The van der Waals surface area contributed by atoms with Crippen LogP contribution in [-0.4, -0.2) is 18.2 Å². The smallest absolute Gasteiger partial charge is 0.416 e. The maximum Gasteiger partial charge on any atom is 0.416 e. The van der Waals surface area contributed by atoms with Crippen molar-refractivity contribution in [2.24, 2.45) is 5.73 Å². The van der Waals surface area contributed by atoms with Gasteiger partial charge in [0.05, 0.1) is 5.57 Å². The highest BCUT2D eigenvalue weighted by Crippen LogP contribution is 2.30. The van der Waals surface area contributed by atoms with Crippen molar-refractivity contribution in [1.82, 2.24) is 0 Å². The fourth-order valence-corrected chi connectivity index (χ4v) is 1.77. The van der Waals surface area contributed by atoms with E-state index in [9.17, 15) is 18.0 Å². The maximum absolute atomic E-state index is 12.4. The lowest BCUT2D eigenvalue weighted by atomic mass is 10.0. The summed E-state index contributed by atoms with van der Waals surface area (Å²) in [5.41, 5.74) is 4.78. The number of carbonyl (C=O) groups excluding carboxylic acids is 1. The van der Waals surface area contributed by atoms with Gasteiger partial charge in [0.25, 0.3) is 0 Å². The summed E-state index contributed by atoms with van der Waals surface area (Å²) in [6.45, 7) is 0. The second-order valence-corrected chi connectivity index (χ2v) is 4.30. The number of amides is 1. The van der Waals surface area contributed by atoms with Crippen LogP contribution in [0.3, 0.4) is 0 Å². The van der Waals surface area contributed by atoms with E-state index in [1.165, 1.54) is 18.2 Å². The van der Waals surface area contributed by atoms with E-state index >= 15 is 0 Å². The quantitative estimate of drug-likeness (QED) is 0.927. The Morgan fingerprint density at radius 1 is 1.25 bits per heavy atom. The van der Waals surface area contributed by atoms with E-state index in [1.807, 2.05) is 0 Å². The standard InChI is InChI=1S/C14H12F3NO2/c15-14(16,17)10-3-7-12(8-4-10)20-11-5-1-9(2-6-11)13(18)19/h1-7,12H,8H2,(H2,18,19). The van der Waals surface area contributed by atoms with E-state index < -0.39 is 23.8 Å². The molecule has 0 fully saturated rings. The van der Waals surface area contributed by atoms with Gasteiger partial charge in [-0.1, -0.05) is 12.2 Å². The Bertz CT molecular complexity index is 559. The summed E-state index contributed by atoms with van der Waals surface area (Å²) in [7, 11) is 0. The Labute approximate surface area is 113 Å². The average Bonchev–Trinajstić information content (AvgIpc) is 2.39. The first kappa shape index (κ1) is 14.2. The molecule has 1 aromatic rings. The molecule has 0 radical (unpaired) electrons. The van der Waals surface area contributed by atoms with E-state index in [1.54, 1.807) is 12.1 Å². The van der Waals surface area contributed by atoms with Gasteiger partial charge in [0.1, 0.15) is 11.9 Å². The minimum atomic E-state index is -4.33. The van der Waals surface area contributed by atoms with Crippen molar-refractivity contribution in [2.75, 3.05) is 0 Å². The van der Waals surface area contributed by atoms with Crippen LogP contribution in [0.1, 0.15) is 16.8 Å². The van der Waals surface area contributed by atoms with E-state index in [4.69, 9.17) is 10.5 Å². The molecule has 1 unspecified atom stereocenters. The molecule has 0 saturated carbocycles. The fraction of sp³-hybridized carbons (Fsp3) is 0.214. The SMILES string of the molecule is NC(=O)c1ccc(OC2C=CC(C(F)(F)F)=CC2)cc1. The summed E-state index contributed by atoms with van der Waals surface area (Å²) >= 11 is 0. The molecule has 1 atom stereocenters. The summed E-state index contributed by atoms with van der Waals surface area (Å²) < 4.78 is 42.7. The number of hydrogen-bond acceptors (Lipinski definition) is 2. The van der Waals surface area contributed by atoms with Crippen LogP contribution in [0.2, 0.25) is 0 Å². The number of rotatable bonds is 3. The molecule has 1 aliphatic carbocycles. The van der Waals surface area contributed by atoms with Gasteiger partial charge in [0.15, 0.2) is 0 Å². The summed E-state index contributed by atoms with van der Waals surface area (Å²) in [5, 5.41) is 0. The zero-order chi connectivity index (χ0) is 14.8. The van der Waals surface area contributed by atoms with E-state index in [2.05, 4.69) is 0 Å². The maximum atomic E-state index is 12.4. The Morgan fingerprint density at radius 3 is 2.35 bits per heavy atom. The highest BCUT2D eigenvalue weighted by Gasteiger charge is 2.33. The van der Waals surface area contributed by atoms with Crippen LogP contribution < -0.4 is 10.5 Å². The van der Waals surface area contributed by atoms with Crippen molar-refractivity contribution in [3.8, 4) is 5.75 Å². The van der Waals surface area contributed by atoms with Crippen LogP contribution in [0.25, 0.3) is 0 Å². The molecule has 0 aliphatic heterocycles. The van der Waals surface area contributed by atoms with Gasteiger partial charge in [-0.25, -0.2) is 0 Å². The van der Waals surface area contributed by atoms with Crippen molar-refractivity contribution in [1.29, 1.82) is 0 Å². The molecule has 1 aliphatic rings. The zero-order valence-corrected chi connectivity index (χ0v) is 10.4. The number of allylic oxidation sites excluding steroid dienone is 2. The molecule has 20 heavy (non-hydrogen) atoms. The normalized spacial score (nSPS) is 18.6. The second kappa shape index (κ2) is 5.40. The van der Waals surface area contributed by atoms with Gasteiger partial charge in [0, 0.05) is 12.0 Å². The molecular weight excluding hydrogens is 271 g/mol. The largest absolute Gasteiger partial charge is 0.486 e. The van der Waals surface area contributed by atoms with Crippen molar-refractivity contribution < 1.29 is 22.7 Å². The summed E-state index contributed by atoms with van der Waals surface area (Å²) in [5.74, 6) is -0.0830. The molecule has 106 valence electrons. The predicted molar refractivity (Wildman–Crippen MR) is 67.3 cm³/mol. The highest BCUT2D eigenvalue weighted by atomic mass is 19.4. The molecule has 6 heteroatoms. The first-order chi connectivity index (χ1) is 9.36. The molecule has 0 heterocycles. The van der Waals surface area contributed by atoms with E-state index in [-0.39, 0.29) is 6.42 Å². The number of ether oxygens (including phenoxy) is 1. The van der Waals surface area contributed by atoms with Gasteiger partial charge >= 0.3 is 6.18 Å². The second-order valence-electron chi connectivity index (χ2n) is 4.30. The van der Waals surface area contributed by atoms with Gasteiger partial charge in [-0.05, 0) is 30.3 Å². The molecule has 1 aromatic carbocycles. The van der Waals surface area contributed by atoms with Gasteiger partial charge < -0.3 is 10.5 Å². The predicted octanol–water partition coefficient (Wildman–Crippen LogP) is 2.98. The lowest BCUT2D eigenvalue weighted by Gasteiger charge is -2.19. The summed E-state index contributed by atoms with van der Waals surface area (Å²) in [6.07, 6.45) is -1.17. The highest BCUT2D eigenvalue weighted by molar-refractivity contribution is 5.92. The van der Waals surface area contributed by atoms with Crippen LogP contribution in [0, 0.1) is 0 Å². The first-order valence-electron chi connectivity index (χ1n) is 5.88. The van der Waals surface area contributed by atoms with Gasteiger partial charge in [-0.15, -0.1) is 0 Å². The molecule has 0 spiro atoms. The number of primary amides is 1. The third kappa shape index (κ3) is 3.40. The van der Waals surface area contributed by atoms with Crippen molar-refractivity contribution >= 4 is 5.91 Å². The molecule has 2 N–H and O–H groups in total. The summed E-state index contributed by atoms with van der Waals surface area (Å²) in [6, 6.07) is 6.11. The van der Waals surface area contributed by atoms with Crippen molar-refractivity contribution in [3.63, 3.8) is 0 Å². The van der Waals surface area contributed by atoms with E-state index in [0.717, 1.165) is 12.2 Å². The number of hydrogen-bond donors (Lipinski definition) is 1. The van der Waals surface area contributed by atoms with E-state index in [0.29, 0.717) is 11.3 Å². The third-order valence-electron chi connectivity index (χ3n) is 2.81. The Kier molecular flexibility index (Phi) is 3.83. The Hall–Kier alpha value is -2.24. The average molecular weight is 283 g/mol. The minimum absolute atomic E-state index is 0.142. The number of nitrogens with two attached hydrogens (primary N) is 1. The molecule has 0 saturated heterocycles. The number of alkyl halides is 3. The third-order valence-corrected chi connectivity index (χ3v) is 2.81. The van der Waals surface area contributed by atoms with Crippen LogP contribution in [0.5, 0.6) is 5.75 Å². The zero-order valence-electron chi connectivity index (χ0n) is 10.4. The van der Waals surface area contributed by atoms with Crippen LogP contribution in [0.4, 0.5) is 13.2 Å². The number of halogens is 3. The van der Waals surface area contributed by atoms with Gasteiger partial charge in [0.2, 0.25) is 5.91 Å². The van der Waals surface area contributed by atoms with Crippen molar-refractivity contribution in [2.45, 2.75) is 18.7 Å². The fourth-order valence-electron chi connectivity index (χ4n) is 1.77. The number of carbonyl (C=O) groups is 1. The van der Waals surface area contributed by atoms with Crippen molar-refractivity contribution in [3.05, 3.63) is 53.6 Å².